The molecule has 1 amide bonds. The summed E-state index contributed by atoms with van der Waals surface area (Å²) in [5.74, 6) is -0.705. The van der Waals surface area contributed by atoms with Gasteiger partial charge in [-0.3, -0.25) is 9.78 Å². The van der Waals surface area contributed by atoms with Crippen LogP contribution in [-0.2, 0) is 10.0 Å². The van der Waals surface area contributed by atoms with Crippen molar-refractivity contribution < 1.29 is 17.6 Å². The zero-order valence-electron chi connectivity index (χ0n) is 15.3. The van der Waals surface area contributed by atoms with Crippen LogP contribution in [-0.4, -0.2) is 37.3 Å². The van der Waals surface area contributed by atoms with E-state index in [0.29, 0.717) is 13.1 Å². The molecule has 1 aliphatic heterocycles. The molecule has 1 aliphatic rings. The second kappa shape index (κ2) is 7.38. The summed E-state index contributed by atoms with van der Waals surface area (Å²) in [6, 6.07) is 13.7. The molecule has 3 aromatic rings. The first-order valence-electron chi connectivity index (χ1n) is 8.95. The third kappa shape index (κ3) is 3.90. The lowest BCUT2D eigenvalue weighted by atomic mass is 9.91. The smallest absolute Gasteiger partial charge is 0.254 e. The Kier molecular flexibility index (Phi) is 4.89. The Morgan fingerprint density at radius 1 is 1.07 bits per heavy atom. The average Bonchev–Trinajstić information content (AvgIpc) is 2.66. The van der Waals surface area contributed by atoms with Crippen molar-refractivity contribution in [3.8, 4) is 11.1 Å². The van der Waals surface area contributed by atoms with Crippen LogP contribution >= 0.6 is 0 Å². The highest BCUT2D eigenvalue weighted by atomic mass is 32.2. The van der Waals surface area contributed by atoms with Crippen LogP contribution in [0.2, 0.25) is 0 Å². The SMILES string of the molecule is NS(=O)(=O)c1ccccc1-c1cc(F)cc(C(=O)N2CC(c3ccncc3)C2)c1. The van der Waals surface area contributed by atoms with E-state index < -0.39 is 15.8 Å². The summed E-state index contributed by atoms with van der Waals surface area (Å²) in [6.07, 6.45) is 3.42. The van der Waals surface area contributed by atoms with E-state index in [1.54, 1.807) is 23.4 Å². The lowest BCUT2D eigenvalue weighted by Gasteiger charge is -2.39. The number of pyridine rings is 1. The Labute approximate surface area is 167 Å². The molecule has 8 heteroatoms. The minimum atomic E-state index is -4.00. The van der Waals surface area contributed by atoms with Crippen molar-refractivity contribution in [1.29, 1.82) is 0 Å². The van der Waals surface area contributed by atoms with Crippen LogP contribution in [0.3, 0.4) is 0 Å². The second-order valence-electron chi connectivity index (χ2n) is 6.96. The van der Waals surface area contributed by atoms with Crippen LogP contribution in [0.4, 0.5) is 4.39 Å². The number of primary sulfonamides is 1. The molecule has 29 heavy (non-hydrogen) atoms. The minimum Gasteiger partial charge on any atom is -0.337 e. The normalized spacial score (nSPS) is 14.5. The minimum absolute atomic E-state index is 0.120. The number of likely N-dealkylation sites (tertiary alicyclic amines) is 1. The summed E-state index contributed by atoms with van der Waals surface area (Å²) in [5, 5.41) is 5.28. The fourth-order valence-corrected chi connectivity index (χ4v) is 4.26. The van der Waals surface area contributed by atoms with Gasteiger partial charge in [-0.2, -0.15) is 0 Å². The quantitative estimate of drug-likeness (QED) is 0.714. The Bertz CT molecular complexity index is 1180. The molecule has 2 aromatic carbocycles. The Morgan fingerprint density at radius 2 is 1.76 bits per heavy atom. The molecule has 1 fully saturated rings. The number of amides is 1. The first-order chi connectivity index (χ1) is 13.8. The molecule has 1 aromatic heterocycles. The first kappa shape index (κ1) is 19.2. The van der Waals surface area contributed by atoms with E-state index in [2.05, 4.69) is 4.98 Å². The van der Waals surface area contributed by atoms with Crippen LogP contribution in [0, 0.1) is 5.82 Å². The van der Waals surface area contributed by atoms with Crippen LogP contribution in [0.15, 0.2) is 71.9 Å². The third-order valence-corrected chi connectivity index (χ3v) is 5.96. The predicted octanol–water partition coefficient (Wildman–Crippen LogP) is 2.77. The van der Waals surface area contributed by atoms with Crippen molar-refractivity contribution in [2.24, 2.45) is 5.14 Å². The molecule has 0 saturated carbocycles. The lowest BCUT2D eigenvalue weighted by Crippen LogP contribution is -2.48. The fourth-order valence-electron chi connectivity index (χ4n) is 3.50. The van der Waals surface area contributed by atoms with Crippen LogP contribution < -0.4 is 5.14 Å². The Morgan fingerprint density at radius 3 is 2.45 bits per heavy atom. The number of carbonyl (C=O) groups excluding carboxylic acids is 1. The topological polar surface area (TPSA) is 93.4 Å². The Balaban J connectivity index is 1.61. The van der Waals surface area contributed by atoms with Gasteiger partial charge < -0.3 is 4.90 Å². The highest BCUT2D eigenvalue weighted by Crippen LogP contribution is 2.31. The fraction of sp³-hybridized carbons (Fsp3) is 0.143. The van der Waals surface area contributed by atoms with Gasteiger partial charge in [-0.25, -0.2) is 17.9 Å². The summed E-state index contributed by atoms with van der Waals surface area (Å²) in [4.78, 5) is 18.3. The second-order valence-corrected chi connectivity index (χ2v) is 8.49. The average molecular weight is 411 g/mol. The number of rotatable bonds is 4. The zero-order valence-corrected chi connectivity index (χ0v) is 16.1. The van der Waals surface area contributed by atoms with E-state index in [0.717, 1.165) is 11.6 Å². The summed E-state index contributed by atoms with van der Waals surface area (Å²) < 4.78 is 38.0. The third-order valence-electron chi connectivity index (χ3n) is 5.00. The van der Waals surface area contributed by atoms with E-state index in [1.165, 1.54) is 30.3 Å². The van der Waals surface area contributed by atoms with Crippen LogP contribution in [0.5, 0.6) is 0 Å². The summed E-state index contributed by atoms with van der Waals surface area (Å²) in [6.45, 7) is 1.06. The van der Waals surface area contributed by atoms with Gasteiger partial charge in [0, 0.05) is 42.5 Å². The Hall–Kier alpha value is -3.10. The monoisotopic (exact) mass is 411 g/mol. The molecule has 4 rings (SSSR count). The summed E-state index contributed by atoms with van der Waals surface area (Å²) in [7, 11) is -4.00. The van der Waals surface area contributed by atoms with Crippen LogP contribution in [0.1, 0.15) is 21.8 Å². The standard InChI is InChI=1S/C21H18FN3O3S/c22-18-10-15(19-3-1-2-4-20(19)29(23,27)28)9-16(11-18)21(26)25-12-17(13-25)14-5-7-24-8-6-14/h1-11,17H,12-13H2,(H2,23,27,28). The van der Waals surface area contributed by atoms with Crippen molar-refractivity contribution >= 4 is 15.9 Å². The van der Waals surface area contributed by atoms with Gasteiger partial charge in [0.15, 0.2) is 0 Å². The van der Waals surface area contributed by atoms with Gasteiger partial charge in [0.25, 0.3) is 5.91 Å². The molecule has 148 valence electrons. The molecular weight excluding hydrogens is 393 g/mol. The largest absolute Gasteiger partial charge is 0.337 e. The van der Waals surface area contributed by atoms with Crippen molar-refractivity contribution in [1.82, 2.24) is 9.88 Å². The van der Waals surface area contributed by atoms with Gasteiger partial charge in [0.1, 0.15) is 5.82 Å². The van der Waals surface area contributed by atoms with Gasteiger partial charge >= 0.3 is 0 Å². The van der Waals surface area contributed by atoms with E-state index >= 15 is 0 Å². The number of aromatic nitrogens is 1. The van der Waals surface area contributed by atoms with Crippen molar-refractivity contribution in [3.63, 3.8) is 0 Å². The van der Waals surface area contributed by atoms with E-state index in [4.69, 9.17) is 5.14 Å². The number of nitrogens with two attached hydrogens (primary N) is 1. The molecular formula is C21H18FN3O3S. The lowest BCUT2D eigenvalue weighted by molar-refractivity contribution is 0.0602. The molecule has 0 atom stereocenters. The summed E-state index contributed by atoms with van der Waals surface area (Å²) >= 11 is 0. The molecule has 6 nitrogen and oxygen atoms in total. The molecule has 0 unspecified atom stereocenters. The molecule has 0 radical (unpaired) electrons. The number of hydrogen-bond acceptors (Lipinski definition) is 4. The molecule has 0 spiro atoms. The predicted molar refractivity (Wildman–Crippen MR) is 106 cm³/mol. The molecule has 2 heterocycles. The maximum Gasteiger partial charge on any atom is 0.254 e. The number of sulfonamides is 1. The van der Waals surface area contributed by atoms with E-state index in [9.17, 15) is 17.6 Å². The summed E-state index contributed by atoms with van der Waals surface area (Å²) in [5.41, 5.74) is 1.80. The van der Waals surface area contributed by atoms with Gasteiger partial charge in [-0.1, -0.05) is 18.2 Å². The van der Waals surface area contributed by atoms with Crippen molar-refractivity contribution in [2.45, 2.75) is 10.8 Å². The maximum absolute atomic E-state index is 14.3. The number of halogens is 1. The number of benzene rings is 2. The molecule has 0 aliphatic carbocycles. The zero-order chi connectivity index (χ0) is 20.6. The van der Waals surface area contributed by atoms with Gasteiger partial charge in [0.05, 0.1) is 4.90 Å². The van der Waals surface area contributed by atoms with Crippen LogP contribution in [0.25, 0.3) is 11.1 Å². The number of nitrogens with zero attached hydrogens (tertiary/aromatic N) is 2. The van der Waals surface area contributed by atoms with Gasteiger partial charge in [-0.05, 0) is 47.5 Å². The molecule has 0 bridgehead atoms. The first-order valence-corrected chi connectivity index (χ1v) is 10.5. The molecule has 1 saturated heterocycles. The van der Waals surface area contributed by atoms with E-state index in [1.807, 2.05) is 12.1 Å². The highest BCUT2D eigenvalue weighted by Gasteiger charge is 2.32. The number of hydrogen-bond donors (Lipinski definition) is 1. The van der Waals surface area contributed by atoms with Gasteiger partial charge in [-0.15, -0.1) is 0 Å². The van der Waals surface area contributed by atoms with Crippen molar-refractivity contribution in [3.05, 3.63) is 83.9 Å². The van der Waals surface area contributed by atoms with E-state index in [-0.39, 0.29) is 33.4 Å². The highest BCUT2D eigenvalue weighted by molar-refractivity contribution is 7.89. The number of carbonyl (C=O) groups is 1. The maximum atomic E-state index is 14.3. The molecule has 2 N–H and O–H groups in total. The van der Waals surface area contributed by atoms with Gasteiger partial charge in [0.2, 0.25) is 10.0 Å². The van der Waals surface area contributed by atoms with Crippen molar-refractivity contribution in [2.75, 3.05) is 13.1 Å².